The van der Waals surface area contributed by atoms with Gasteiger partial charge in [-0.1, -0.05) is 0 Å². The fourth-order valence-corrected chi connectivity index (χ4v) is 2.87. The van der Waals surface area contributed by atoms with Crippen LogP contribution in [-0.2, 0) is 4.74 Å². The van der Waals surface area contributed by atoms with E-state index in [0.29, 0.717) is 6.61 Å². The van der Waals surface area contributed by atoms with Gasteiger partial charge in [-0.3, -0.25) is 4.57 Å². The van der Waals surface area contributed by atoms with Crippen molar-refractivity contribution in [3.63, 3.8) is 0 Å². The van der Waals surface area contributed by atoms with Crippen molar-refractivity contribution in [2.45, 2.75) is 44.6 Å². The predicted molar refractivity (Wildman–Crippen MR) is 87.2 cm³/mol. The minimum absolute atomic E-state index is 0.0788. The molecule has 1 aliphatic rings. The van der Waals surface area contributed by atoms with Crippen LogP contribution in [0.1, 0.15) is 28.3 Å². The van der Waals surface area contributed by atoms with Gasteiger partial charge in [-0.05, 0) is 20.7 Å². The zero-order valence-corrected chi connectivity index (χ0v) is 14.3. The van der Waals surface area contributed by atoms with Gasteiger partial charge in [0.15, 0.2) is 23.6 Å². The van der Waals surface area contributed by atoms with Gasteiger partial charge in [0.1, 0.15) is 12.2 Å². The fourth-order valence-electron chi connectivity index (χ4n) is 2.87. The van der Waals surface area contributed by atoms with Crippen LogP contribution in [-0.4, -0.2) is 67.1 Å². The molecule has 4 atom stereocenters. The lowest BCUT2D eigenvalue weighted by molar-refractivity contribution is -0.196. The first-order valence-electron chi connectivity index (χ1n) is 8.73. The highest BCUT2D eigenvalue weighted by Crippen LogP contribution is 2.47. The zero-order valence-electron chi connectivity index (χ0n) is 15.3. The Morgan fingerprint density at radius 1 is 1.54 bits per heavy atom. The van der Waals surface area contributed by atoms with Gasteiger partial charge < -0.3 is 25.0 Å². The molecule has 0 radical (unpaired) electrons. The Labute approximate surface area is 149 Å². The summed E-state index contributed by atoms with van der Waals surface area (Å²) in [6, 6.07) is 0. The molecule has 3 rings (SSSR count). The van der Waals surface area contributed by atoms with Gasteiger partial charge in [-0.15, -0.1) is 0 Å². The molecule has 3 N–H and O–H groups in total. The summed E-state index contributed by atoms with van der Waals surface area (Å²) in [6.07, 6.45) is -2.83. The van der Waals surface area contributed by atoms with Gasteiger partial charge in [0.25, 0.3) is 5.85 Å². The van der Waals surface area contributed by atoms with E-state index in [-0.39, 0.29) is 36.4 Å². The number of nitrogens with one attached hydrogen (secondary N) is 1. The number of anilines is 1. The average molecular weight is 375 g/mol. The molecule has 0 spiro atoms. The van der Waals surface area contributed by atoms with E-state index < -0.39 is 30.5 Å². The van der Waals surface area contributed by atoms with Crippen LogP contribution < -0.4 is 10.1 Å². The summed E-state index contributed by atoms with van der Waals surface area (Å²) in [4.78, 5) is 12.5. The number of hydrogen-bond donors (Lipinski definition) is 3. The number of aliphatic hydroxyl groups excluding tert-OH is 1. The highest BCUT2D eigenvalue weighted by Gasteiger charge is 2.64. The van der Waals surface area contributed by atoms with Crippen LogP contribution >= 0.6 is 0 Å². The lowest BCUT2D eigenvalue weighted by atomic mass is 9.97. The van der Waals surface area contributed by atoms with Crippen molar-refractivity contribution < 1.29 is 29.8 Å². The molecule has 0 amide bonds. The quantitative estimate of drug-likeness (QED) is 0.683. The molecule has 0 aromatic carbocycles. The third kappa shape index (κ3) is 2.75. The molecular formula is C15H21F2N5O4. The molecule has 0 bridgehead atoms. The molecular weight excluding hydrogens is 352 g/mol. The maximum absolute atomic E-state index is 14.5. The molecule has 0 aliphatic carbocycles. The molecule has 26 heavy (non-hydrogen) atoms. The largest absolute Gasteiger partial charge is 0.476 e. The van der Waals surface area contributed by atoms with Crippen LogP contribution in [0.4, 0.5) is 14.7 Å². The van der Waals surface area contributed by atoms with E-state index in [9.17, 15) is 13.9 Å². The van der Waals surface area contributed by atoms with Gasteiger partial charge in [0.05, 0.1) is 12.9 Å². The van der Waals surface area contributed by atoms with Gasteiger partial charge in [-0.25, -0.2) is 13.8 Å². The Hall–Kier alpha value is -2.11. The lowest BCUT2D eigenvalue weighted by Gasteiger charge is -2.25. The molecule has 1 aliphatic heterocycles. The van der Waals surface area contributed by atoms with Crippen molar-refractivity contribution in [3.05, 3.63) is 6.33 Å². The van der Waals surface area contributed by atoms with E-state index in [2.05, 4.69) is 20.3 Å². The third-order valence-corrected chi connectivity index (χ3v) is 4.12. The van der Waals surface area contributed by atoms with Crippen molar-refractivity contribution >= 4 is 17.1 Å². The number of fused-ring (bicyclic) bond motifs is 1. The summed E-state index contributed by atoms with van der Waals surface area (Å²) >= 11 is 0. The number of alkyl halides is 2. The van der Waals surface area contributed by atoms with Crippen molar-refractivity contribution in [3.8, 4) is 5.88 Å². The summed E-state index contributed by atoms with van der Waals surface area (Å²) in [5.41, 5.74) is -1.97. The van der Waals surface area contributed by atoms with Crippen LogP contribution in [0.15, 0.2) is 6.33 Å². The van der Waals surface area contributed by atoms with E-state index in [1.165, 1.54) is 6.33 Å². The fraction of sp³-hybridized carbons (Fsp3) is 0.667. The highest BCUT2D eigenvalue weighted by atomic mass is 19.2. The lowest BCUT2D eigenvalue weighted by Crippen LogP contribution is -2.45. The second-order valence-corrected chi connectivity index (χ2v) is 6.04. The standard InChI is InChI=1S/C15H21F2N5O4/c1-4-18-13-20-9-8(10(21-13)25-5-2)19-7-22(9)12-14(3,24)11(16)15(17,6-23)26-12/h7,11-12,23-24H,4-6H2,1-3H3,(H,18,20,21)/t11-,12+,14+,15+/m0/s1/i1T. The number of aliphatic hydroxyl groups is 2. The number of hydrogen-bond acceptors (Lipinski definition) is 8. The summed E-state index contributed by atoms with van der Waals surface area (Å²) in [5.74, 6) is -2.80. The molecule has 1 saturated heterocycles. The normalized spacial score (nSPS) is 32.0. The minimum atomic E-state index is -3.06. The number of ether oxygens (including phenoxy) is 2. The predicted octanol–water partition coefficient (Wildman–Crippen LogP) is 0.933. The summed E-state index contributed by atoms with van der Waals surface area (Å²) in [7, 11) is 0. The highest BCUT2D eigenvalue weighted by molar-refractivity contribution is 5.78. The molecule has 0 saturated carbocycles. The van der Waals surface area contributed by atoms with Crippen LogP contribution in [0, 0.1) is 0 Å². The maximum Gasteiger partial charge on any atom is 0.268 e. The molecule has 11 heteroatoms. The molecule has 0 unspecified atom stereocenters. The van der Waals surface area contributed by atoms with E-state index >= 15 is 0 Å². The van der Waals surface area contributed by atoms with E-state index in [0.717, 1.165) is 11.5 Å². The second-order valence-electron chi connectivity index (χ2n) is 6.04. The van der Waals surface area contributed by atoms with Crippen LogP contribution in [0.2, 0.25) is 0 Å². The Balaban J connectivity index is 2.10. The average Bonchev–Trinajstić information content (AvgIpc) is 3.14. The minimum Gasteiger partial charge on any atom is -0.476 e. The molecule has 1 fully saturated rings. The van der Waals surface area contributed by atoms with Crippen LogP contribution in [0.25, 0.3) is 11.2 Å². The van der Waals surface area contributed by atoms with Crippen molar-refractivity contribution in [1.82, 2.24) is 19.5 Å². The monoisotopic (exact) mass is 375 g/mol. The van der Waals surface area contributed by atoms with Gasteiger partial charge in [0.2, 0.25) is 11.8 Å². The van der Waals surface area contributed by atoms with Gasteiger partial charge in [0, 0.05) is 7.92 Å². The first kappa shape index (κ1) is 17.3. The Morgan fingerprint density at radius 3 is 2.92 bits per heavy atom. The number of imidazole rings is 1. The van der Waals surface area contributed by atoms with Crippen LogP contribution in [0.3, 0.4) is 0 Å². The maximum atomic E-state index is 14.5. The topological polar surface area (TPSA) is 115 Å². The van der Waals surface area contributed by atoms with E-state index in [1.807, 2.05) is 0 Å². The Bertz CT molecular complexity index is 823. The summed E-state index contributed by atoms with van der Waals surface area (Å²) in [5, 5.41) is 22.5. The molecule has 2 aromatic heterocycles. The van der Waals surface area contributed by atoms with Gasteiger partial charge >= 0.3 is 0 Å². The van der Waals surface area contributed by atoms with Crippen molar-refractivity contribution in [2.75, 3.05) is 25.1 Å². The van der Waals surface area contributed by atoms with E-state index in [4.69, 9.17) is 16.0 Å². The number of aromatic nitrogens is 4. The van der Waals surface area contributed by atoms with Crippen molar-refractivity contribution in [2.24, 2.45) is 0 Å². The van der Waals surface area contributed by atoms with E-state index in [1.54, 1.807) is 6.92 Å². The molecule has 9 nitrogen and oxygen atoms in total. The van der Waals surface area contributed by atoms with Gasteiger partial charge in [-0.2, -0.15) is 9.97 Å². The number of halogens is 2. The first-order chi connectivity index (χ1) is 12.8. The molecule has 3 heterocycles. The summed E-state index contributed by atoms with van der Waals surface area (Å²) < 4.78 is 47.7. The first-order valence-corrected chi connectivity index (χ1v) is 8.03. The smallest absolute Gasteiger partial charge is 0.268 e. The van der Waals surface area contributed by atoms with Crippen LogP contribution in [0.5, 0.6) is 5.88 Å². The Kier molecular flexibility index (Phi) is 4.37. The van der Waals surface area contributed by atoms with Crippen molar-refractivity contribution in [1.29, 1.82) is 0 Å². The molecule has 2 aromatic rings. The zero-order chi connectivity index (χ0) is 19.8. The number of rotatable bonds is 6. The SMILES string of the molecule is [3H]CCNc1nc(OCC)c2ncn([C@@H]3O[C@](F)(CO)[C@@H](F)[C@@]3(C)O)c2n1. The second kappa shape index (κ2) is 6.56. The number of nitrogens with zero attached hydrogens (tertiary/aromatic N) is 4. The molecule has 144 valence electrons. The third-order valence-electron chi connectivity index (χ3n) is 4.12. The summed E-state index contributed by atoms with van der Waals surface area (Å²) in [6.45, 7) is 2.19. The Morgan fingerprint density at radius 2 is 2.31 bits per heavy atom.